The van der Waals surface area contributed by atoms with Crippen LogP contribution in [0.4, 0.5) is 4.79 Å². The second-order valence-electron chi connectivity index (χ2n) is 4.76. The number of carboxylic acid groups (broad SMARTS) is 1. The molecule has 2 amide bonds. The molecule has 0 bridgehead atoms. The lowest BCUT2D eigenvalue weighted by atomic mass is 9.99. The first-order valence-electron chi connectivity index (χ1n) is 6.77. The summed E-state index contributed by atoms with van der Waals surface area (Å²) in [4.78, 5) is 26.6. The van der Waals surface area contributed by atoms with Crippen molar-refractivity contribution in [1.82, 2.24) is 20.2 Å². The lowest BCUT2D eigenvalue weighted by molar-refractivity contribution is -0.140. The van der Waals surface area contributed by atoms with Crippen molar-refractivity contribution in [2.24, 2.45) is 5.92 Å². The van der Waals surface area contributed by atoms with Gasteiger partial charge in [-0.05, 0) is 12.3 Å². The van der Waals surface area contributed by atoms with Crippen LogP contribution in [-0.4, -0.2) is 39.2 Å². The number of nitrogens with one attached hydrogen (secondary N) is 2. The summed E-state index contributed by atoms with van der Waals surface area (Å²) in [7, 11) is 0. The third kappa shape index (κ3) is 5.29. The number of hydrogen-bond donors (Lipinski definition) is 3. The minimum absolute atomic E-state index is 0.107. The van der Waals surface area contributed by atoms with Crippen molar-refractivity contribution in [2.75, 3.05) is 6.54 Å². The van der Waals surface area contributed by atoms with Crippen LogP contribution in [0.2, 0.25) is 0 Å². The van der Waals surface area contributed by atoms with E-state index in [0.717, 1.165) is 13.0 Å². The second-order valence-corrected chi connectivity index (χ2v) is 4.76. The van der Waals surface area contributed by atoms with Gasteiger partial charge in [0.1, 0.15) is 6.04 Å². The lowest BCUT2D eigenvalue weighted by Gasteiger charge is -2.20. The summed E-state index contributed by atoms with van der Waals surface area (Å²) < 4.78 is 1.92. The molecule has 0 spiro atoms. The molecule has 1 unspecified atom stereocenters. The molecule has 0 fully saturated rings. The highest BCUT2D eigenvalue weighted by Gasteiger charge is 2.24. The fraction of sp³-hybridized carbons (Fsp3) is 0.615. The molecule has 112 valence electrons. The molecule has 1 heterocycles. The zero-order valence-electron chi connectivity index (χ0n) is 11.9. The number of amides is 2. The molecule has 0 radical (unpaired) electrons. The summed E-state index contributed by atoms with van der Waals surface area (Å²) in [6.07, 6.45) is 6.71. The Morgan fingerprint density at radius 2 is 2.20 bits per heavy atom. The normalized spacial score (nSPS) is 13.5. The van der Waals surface area contributed by atoms with Gasteiger partial charge in [0, 0.05) is 25.5 Å². The highest BCUT2D eigenvalue weighted by Crippen LogP contribution is 2.07. The van der Waals surface area contributed by atoms with E-state index in [1.54, 1.807) is 19.4 Å². The average Bonchev–Trinajstić information content (AvgIpc) is 2.93. The first-order valence-corrected chi connectivity index (χ1v) is 6.77. The van der Waals surface area contributed by atoms with E-state index in [2.05, 4.69) is 15.6 Å². The van der Waals surface area contributed by atoms with Crippen LogP contribution in [0.25, 0.3) is 0 Å². The van der Waals surface area contributed by atoms with Crippen LogP contribution in [0.15, 0.2) is 18.7 Å². The first-order chi connectivity index (χ1) is 9.54. The Bertz CT molecular complexity index is 419. The fourth-order valence-electron chi connectivity index (χ4n) is 1.76. The molecule has 1 aromatic rings. The summed E-state index contributed by atoms with van der Waals surface area (Å²) in [5.41, 5.74) is 0. The van der Waals surface area contributed by atoms with Crippen molar-refractivity contribution in [3.05, 3.63) is 18.7 Å². The summed E-state index contributed by atoms with van der Waals surface area (Å²) in [6.45, 7) is 4.94. The number of hydrogen-bond acceptors (Lipinski definition) is 3. The van der Waals surface area contributed by atoms with E-state index in [9.17, 15) is 9.59 Å². The Kier molecular flexibility index (Phi) is 6.55. The molecule has 0 aliphatic rings. The quantitative estimate of drug-likeness (QED) is 0.621. The molecular weight excluding hydrogens is 260 g/mol. The molecule has 1 rings (SSSR count). The lowest BCUT2D eigenvalue weighted by Crippen LogP contribution is -2.49. The number of aliphatic carboxylic acids is 1. The van der Waals surface area contributed by atoms with Gasteiger partial charge in [-0.25, -0.2) is 14.6 Å². The minimum atomic E-state index is -1.01. The number of carbonyl (C=O) groups excluding carboxylic acids is 1. The SMILES string of the molecule is CCC(C)[C@H](NC(=O)NCCCn1ccnc1)C(=O)O. The number of carboxylic acids is 1. The number of aromatic nitrogens is 2. The zero-order valence-corrected chi connectivity index (χ0v) is 11.9. The van der Waals surface area contributed by atoms with Gasteiger partial charge in [0.25, 0.3) is 0 Å². The summed E-state index contributed by atoms with van der Waals surface area (Å²) in [5.74, 6) is -1.11. The van der Waals surface area contributed by atoms with Gasteiger partial charge in [0.2, 0.25) is 0 Å². The predicted molar refractivity (Wildman–Crippen MR) is 74.3 cm³/mol. The standard InChI is InChI=1S/C13H22N4O3/c1-3-10(2)11(12(18)19)16-13(20)15-5-4-7-17-8-6-14-9-17/h6,8-11H,3-5,7H2,1-2H3,(H,18,19)(H2,15,16,20)/t10?,11-/m0/s1. The van der Waals surface area contributed by atoms with Crippen LogP contribution in [0.1, 0.15) is 26.7 Å². The van der Waals surface area contributed by atoms with Gasteiger partial charge in [0.05, 0.1) is 6.33 Å². The number of aryl methyl sites for hydroxylation is 1. The van der Waals surface area contributed by atoms with Crippen LogP contribution in [0.5, 0.6) is 0 Å². The molecule has 0 aliphatic carbocycles. The molecule has 20 heavy (non-hydrogen) atoms. The van der Waals surface area contributed by atoms with E-state index in [1.165, 1.54) is 0 Å². The van der Waals surface area contributed by atoms with Crippen LogP contribution in [-0.2, 0) is 11.3 Å². The van der Waals surface area contributed by atoms with E-state index >= 15 is 0 Å². The van der Waals surface area contributed by atoms with E-state index in [0.29, 0.717) is 13.0 Å². The molecule has 3 N–H and O–H groups in total. The number of urea groups is 1. The highest BCUT2D eigenvalue weighted by molar-refractivity contribution is 5.82. The molecule has 0 aliphatic heterocycles. The summed E-state index contributed by atoms with van der Waals surface area (Å²) in [5, 5.41) is 14.2. The monoisotopic (exact) mass is 282 g/mol. The topological polar surface area (TPSA) is 96.3 Å². The van der Waals surface area contributed by atoms with Crippen molar-refractivity contribution in [3.63, 3.8) is 0 Å². The maximum atomic E-state index is 11.6. The van der Waals surface area contributed by atoms with Gasteiger partial charge in [-0.2, -0.15) is 0 Å². The third-order valence-corrected chi connectivity index (χ3v) is 3.20. The van der Waals surface area contributed by atoms with Crippen LogP contribution >= 0.6 is 0 Å². The molecule has 2 atom stereocenters. The number of imidazole rings is 1. The fourth-order valence-corrected chi connectivity index (χ4v) is 1.76. The smallest absolute Gasteiger partial charge is 0.326 e. The third-order valence-electron chi connectivity index (χ3n) is 3.20. The van der Waals surface area contributed by atoms with E-state index in [4.69, 9.17) is 5.11 Å². The van der Waals surface area contributed by atoms with Crippen molar-refractivity contribution >= 4 is 12.0 Å². The molecule has 0 saturated carbocycles. The van der Waals surface area contributed by atoms with E-state index < -0.39 is 18.0 Å². The van der Waals surface area contributed by atoms with Crippen LogP contribution in [0, 0.1) is 5.92 Å². The van der Waals surface area contributed by atoms with Gasteiger partial charge in [-0.15, -0.1) is 0 Å². The predicted octanol–water partition coefficient (Wildman–Crippen LogP) is 1.07. The van der Waals surface area contributed by atoms with E-state index in [-0.39, 0.29) is 5.92 Å². The number of rotatable bonds is 8. The first kappa shape index (κ1) is 16.0. The number of carbonyl (C=O) groups is 2. The van der Waals surface area contributed by atoms with Gasteiger partial charge in [-0.3, -0.25) is 0 Å². The molecule has 0 saturated heterocycles. The zero-order chi connectivity index (χ0) is 15.0. The largest absolute Gasteiger partial charge is 0.480 e. The second kappa shape index (κ2) is 8.19. The van der Waals surface area contributed by atoms with Crippen molar-refractivity contribution in [2.45, 2.75) is 39.3 Å². The Hall–Kier alpha value is -2.05. The maximum Gasteiger partial charge on any atom is 0.326 e. The summed E-state index contributed by atoms with van der Waals surface area (Å²) in [6, 6.07) is -1.29. The molecule has 7 nitrogen and oxygen atoms in total. The average molecular weight is 282 g/mol. The van der Waals surface area contributed by atoms with Gasteiger partial charge < -0.3 is 20.3 Å². The maximum absolute atomic E-state index is 11.6. The molecule has 7 heteroatoms. The van der Waals surface area contributed by atoms with Gasteiger partial charge in [0.15, 0.2) is 0 Å². The summed E-state index contributed by atoms with van der Waals surface area (Å²) >= 11 is 0. The van der Waals surface area contributed by atoms with Gasteiger partial charge in [-0.1, -0.05) is 20.3 Å². The van der Waals surface area contributed by atoms with E-state index in [1.807, 2.05) is 17.7 Å². The van der Waals surface area contributed by atoms with Gasteiger partial charge >= 0.3 is 12.0 Å². The molecule has 0 aromatic carbocycles. The Morgan fingerprint density at radius 1 is 1.45 bits per heavy atom. The van der Waals surface area contributed by atoms with Crippen molar-refractivity contribution < 1.29 is 14.7 Å². The van der Waals surface area contributed by atoms with Crippen molar-refractivity contribution in [3.8, 4) is 0 Å². The van der Waals surface area contributed by atoms with Crippen LogP contribution in [0.3, 0.4) is 0 Å². The molecule has 1 aromatic heterocycles. The highest BCUT2D eigenvalue weighted by atomic mass is 16.4. The minimum Gasteiger partial charge on any atom is -0.480 e. The Morgan fingerprint density at radius 3 is 2.75 bits per heavy atom. The van der Waals surface area contributed by atoms with Crippen LogP contribution < -0.4 is 10.6 Å². The Labute approximate surface area is 118 Å². The molecular formula is C13H22N4O3. The number of nitrogens with zero attached hydrogens (tertiary/aromatic N) is 2. The Balaban J connectivity index is 2.26. The van der Waals surface area contributed by atoms with Crippen molar-refractivity contribution in [1.29, 1.82) is 0 Å².